The minimum atomic E-state index is -0.572. The van der Waals surface area contributed by atoms with Crippen molar-refractivity contribution in [2.75, 3.05) is 4.90 Å². The standard InChI is InChI=1S/C27H19ClN4O2/c28-17-6-3-5-15(11-17)24-19(14-29)27-31-26(30)18-7-1-2-8-20(18)32(27)21-12-16(13-22(33)25(21)24)23-9-4-10-34-23/h1-11,16,24H,12-13H2,(H2,30,31). The van der Waals surface area contributed by atoms with Gasteiger partial charge in [0, 0.05) is 34.2 Å². The number of para-hydroxylation sites is 1. The number of halogens is 1. The Morgan fingerprint density at radius 3 is 2.74 bits per heavy atom. The minimum Gasteiger partial charge on any atom is -0.469 e. The van der Waals surface area contributed by atoms with E-state index >= 15 is 0 Å². The van der Waals surface area contributed by atoms with Gasteiger partial charge in [-0.15, -0.1) is 0 Å². The molecule has 0 amide bonds. The molecule has 6 rings (SSSR count). The Bertz CT molecular complexity index is 1480. The van der Waals surface area contributed by atoms with Crippen molar-refractivity contribution in [1.29, 1.82) is 5.26 Å². The summed E-state index contributed by atoms with van der Waals surface area (Å²) < 4.78 is 5.67. The second kappa shape index (κ2) is 7.75. The first-order valence-corrected chi connectivity index (χ1v) is 11.4. The Kier molecular flexibility index (Phi) is 4.68. The first kappa shape index (κ1) is 20.5. The van der Waals surface area contributed by atoms with E-state index < -0.39 is 5.92 Å². The molecule has 0 radical (unpaired) electrons. The Hall–Kier alpha value is -4.08. The highest BCUT2D eigenvalue weighted by molar-refractivity contribution is 6.30. The smallest absolute Gasteiger partial charge is 0.162 e. The number of rotatable bonds is 2. The first-order chi connectivity index (χ1) is 16.6. The summed E-state index contributed by atoms with van der Waals surface area (Å²) in [6.45, 7) is 0. The average molecular weight is 467 g/mol. The molecule has 0 saturated heterocycles. The minimum absolute atomic E-state index is 0.0144. The summed E-state index contributed by atoms with van der Waals surface area (Å²) in [6, 6.07) is 21.0. The van der Waals surface area contributed by atoms with E-state index in [1.54, 1.807) is 18.4 Å². The number of fused-ring (bicyclic) bond motifs is 4. The molecule has 3 heterocycles. The molecule has 3 aromatic rings. The number of ketones is 1. The lowest BCUT2D eigenvalue weighted by Crippen LogP contribution is -2.40. The Morgan fingerprint density at radius 2 is 1.97 bits per heavy atom. The quantitative estimate of drug-likeness (QED) is 0.546. The van der Waals surface area contributed by atoms with E-state index in [-0.39, 0.29) is 11.7 Å². The van der Waals surface area contributed by atoms with Crippen LogP contribution in [0.1, 0.15) is 41.6 Å². The molecule has 1 aliphatic carbocycles. The zero-order valence-corrected chi connectivity index (χ0v) is 18.8. The molecule has 3 aliphatic rings. The molecule has 6 nitrogen and oxygen atoms in total. The summed E-state index contributed by atoms with van der Waals surface area (Å²) in [4.78, 5) is 20.4. The van der Waals surface area contributed by atoms with Crippen LogP contribution in [0.5, 0.6) is 0 Å². The SMILES string of the molecule is N#CC1=C2N=C(N)c3ccccc3N2C2=C(C(=O)CC(c3ccco3)C2)C1c1cccc(Cl)c1. The molecular weight excluding hydrogens is 448 g/mol. The molecular formula is C27H19ClN4O2. The summed E-state index contributed by atoms with van der Waals surface area (Å²) >= 11 is 6.31. The number of hydrogen-bond donors (Lipinski definition) is 1. The van der Waals surface area contributed by atoms with Crippen LogP contribution in [0.15, 0.2) is 99.0 Å². The van der Waals surface area contributed by atoms with Crippen molar-refractivity contribution in [1.82, 2.24) is 0 Å². The number of carbonyl (C=O) groups is 1. The molecule has 0 spiro atoms. The maximum atomic E-state index is 13.8. The Balaban J connectivity index is 1.64. The predicted molar refractivity (Wildman–Crippen MR) is 129 cm³/mol. The van der Waals surface area contributed by atoms with E-state index in [1.807, 2.05) is 53.4 Å². The number of carbonyl (C=O) groups excluding carboxylic acids is 1. The van der Waals surface area contributed by atoms with Gasteiger partial charge in [-0.25, -0.2) is 4.99 Å². The lowest BCUT2D eigenvalue weighted by atomic mass is 9.72. The molecule has 2 N–H and O–H groups in total. The van der Waals surface area contributed by atoms with Crippen LogP contribution >= 0.6 is 11.6 Å². The number of allylic oxidation sites excluding steroid dienone is 3. The Morgan fingerprint density at radius 1 is 1.12 bits per heavy atom. The molecule has 1 aromatic heterocycles. The molecule has 2 aromatic carbocycles. The summed E-state index contributed by atoms with van der Waals surface area (Å²) in [5, 5.41) is 10.9. The molecule has 166 valence electrons. The van der Waals surface area contributed by atoms with Gasteiger partial charge < -0.3 is 10.2 Å². The van der Waals surface area contributed by atoms with Crippen molar-refractivity contribution >= 4 is 28.9 Å². The number of Topliss-reactive ketones (excluding diaryl/α,β-unsaturated/α-hetero) is 1. The average Bonchev–Trinajstić information content (AvgIpc) is 3.38. The Labute approximate surface area is 201 Å². The van der Waals surface area contributed by atoms with Gasteiger partial charge in [0.15, 0.2) is 11.6 Å². The third-order valence-electron chi connectivity index (χ3n) is 6.68. The lowest BCUT2D eigenvalue weighted by molar-refractivity contribution is -0.116. The van der Waals surface area contributed by atoms with E-state index in [4.69, 9.17) is 21.8 Å². The molecule has 0 saturated carbocycles. The molecule has 0 bridgehead atoms. The number of nitriles is 1. The fourth-order valence-corrected chi connectivity index (χ4v) is 5.46. The highest BCUT2D eigenvalue weighted by atomic mass is 35.5. The van der Waals surface area contributed by atoms with Crippen molar-refractivity contribution in [3.8, 4) is 6.07 Å². The van der Waals surface area contributed by atoms with Crippen LogP contribution in [0, 0.1) is 11.3 Å². The molecule has 2 aliphatic heterocycles. The van der Waals surface area contributed by atoms with Crippen LogP contribution in [0.3, 0.4) is 0 Å². The highest BCUT2D eigenvalue weighted by Gasteiger charge is 2.45. The molecule has 7 heteroatoms. The second-order valence-corrected chi connectivity index (χ2v) is 9.03. The zero-order chi connectivity index (χ0) is 23.4. The van der Waals surface area contributed by atoms with Gasteiger partial charge in [0.05, 0.1) is 29.5 Å². The van der Waals surface area contributed by atoms with Gasteiger partial charge in [-0.3, -0.25) is 9.69 Å². The van der Waals surface area contributed by atoms with Crippen LogP contribution in [0.4, 0.5) is 5.69 Å². The van der Waals surface area contributed by atoms with Crippen LogP contribution in [0.25, 0.3) is 0 Å². The number of hydrogen-bond acceptors (Lipinski definition) is 6. The van der Waals surface area contributed by atoms with E-state index in [2.05, 4.69) is 11.1 Å². The van der Waals surface area contributed by atoms with E-state index in [9.17, 15) is 10.1 Å². The third kappa shape index (κ3) is 3.01. The topological polar surface area (TPSA) is 95.6 Å². The largest absolute Gasteiger partial charge is 0.469 e. The van der Waals surface area contributed by atoms with Crippen LogP contribution in [-0.4, -0.2) is 11.6 Å². The summed E-state index contributed by atoms with van der Waals surface area (Å²) in [5.74, 6) is 0.866. The van der Waals surface area contributed by atoms with Gasteiger partial charge in [-0.1, -0.05) is 35.9 Å². The van der Waals surface area contributed by atoms with Crippen molar-refractivity contribution in [3.05, 3.63) is 112 Å². The van der Waals surface area contributed by atoms with Crippen LogP contribution < -0.4 is 10.6 Å². The van der Waals surface area contributed by atoms with Gasteiger partial charge in [-0.05, 0) is 48.4 Å². The molecule has 2 unspecified atom stereocenters. The fraction of sp³-hybridized carbons (Fsp3) is 0.148. The fourth-order valence-electron chi connectivity index (χ4n) is 5.26. The van der Waals surface area contributed by atoms with E-state index in [1.165, 1.54) is 0 Å². The molecule has 2 atom stereocenters. The van der Waals surface area contributed by atoms with Gasteiger partial charge in [0.1, 0.15) is 11.6 Å². The van der Waals surface area contributed by atoms with Gasteiger partial charge in [0.2, 0.25) is 0 Å². The van der Waals surface area contributed by atoms with Gasteiger partial charge in [-0.2, -0.15) is 5.26 Å². The number of nitrogens with zero attached hydrogens (tertiary/aromatic N) is 3. The predicted octanol–water partition coefficient (Wildman–Crippen LogP) is 5.39. The number of anilines is 1. The number of nitrogens with two attached hydrogens (primary N) is 1. The summed E-state index contributed by atoms with van der Waals surface area (Å²) in [5.41, 5.74) is 10.5. The van der Waals surface area contributed by atoms with E-state index in [0.29, 0.717) is 40.7 Å². The van der Waals surface area contributed by atoms with Gasteiger partial charge >= 0.3 is 0 Å². The van der Waals surface area contributed by atoms with Crippen molar-refractivity contribution in [2.24, 2.45) is 10.7 Å². The summed E-state index contributed by atoms with van der Waals surface area (Å²) in [6.07, 6.45) is 2.50. The molecule has 34 heavy (non-hydrogen) atoms. The van der Waals surface area contributed by atoms with Crippen molar-refractivity contribution in [3.63, 3.8) is 0 Å². The second-order valence-electron chi connectivity index (χ2n) is 8.59. The number of aliphatic imine (C=N–C) groups is 1. The maximum Gasteiger partial charge on any atom is 0.162 e. The van der Waals surface area contributed by atoms with Crippen LogP contribution in [0.2, 0.25) is 5.02 Å². The normalized spacial score (nSPS) is 21.5. The zero-order valence-electron chi connectivity index (χ0n) is 18.0. The van der Waals surface area contributed by atoms with Gasteiger partial charge in [0.25, 0.3) is 0 Å². The third-order valence-corrected chi connectivity index (χ3v) is 6.91. The highest BCUT2D eigenvalue weighted by Crippen LogP contribution is 2.51. The lowest BCUT2D eigenvalue weighted by Gasteiger charge is -2.43. The monoisotopic (exact) mass is 466 g/mol. The first-order valence-electron chi connectivity index (χ1n) is 11.0. The van der Waals surface area contributed by atoms with E-state index in [0.717, 1.165) is 28.3 Å². The molecule has 0 fully saturated rings. The van der Waals surface area contributed by atoms with Crippen LogP contribution in [-0.2, 0) is 4.79 Å². The van der Waals surface area contributed by atoms with Crippen molar-refractivity contribution < 1.29 is 9.21 Å². The summed E-state index contributed by atoms with van der Waals surface area (Å²) in [7, 11) is 0. The van der Waals surface area contributed by atoms with Crippen molar-refractivity contribution in [2.45, 2.75) is 24.7 Å². The number of furan rings is 1. The number of amidine groups is 1. The number of benzene rings is 2. The maximum absolute atomic E-state index is 13.8.